The van der Waals surface area contributed by atoms with Crippen molar-refractivity contribution in [3.8, 4) is 56.4 Å². The molecule has 0 bridgehead atoms. The molecule has 8 aromatic carbocycles. The molecule has 0 saturated heterocycles. The van der Waals surface area contributed by atoms with Crippen LogP contribution in [0.25, 0.3) is 82.3 Å². The van der Waals surface area contributed by atoms with Crippen molar-refractivity contribution in [3.63, 3.8) is 0 Å². The molecule has 0 radical (unpaired) electrons. The Kier molecular flexibility index (Phi) is 11.7. The summed E-state index contributed by atoms with van der Waals surface area (Å²) in [7, 11) is 0. The van der Waals surface area contributed by atoms with Gasteiger partial charge in [0.05, 0.1) is 5.70 Å². The van der Waals surface area contributed by atoms with Crippen LogP contribution in [0.1, 0.15) is 43.9 Å². The number of benzene rings is 8. The Labute approximate surface area is 384 Å². The standard InChI is InChI=1S/C59H45N5S/c1-4-39(2)55(61-56(45-19-11-6-12-20-45)60-40(3)41-17-9-5-10-18-41)44-29-25-42(26-30-44)49-33-35-53-51(37-49)52-38-50(34-36-54(52)65-53)43-27-31-48(32-28-43)59-63-57(46-21-13-7-14-22-46)62-58(64-59)47-23-15-8-16-24-47/h5-38H,4H2,1-3H3/b55-39+,60-40?,61-56?. The average Bonchev–Trinajstić information content (AvgIpc) is 3.75. The van der Waals surface area contributed by atoms with Crippen molar-refractivity contribution in [2.45, 2.75) is 27.2 Å². The topological polar surface area (TPSA) is 63.4 Å². The Morgan fingerprint density at radius 3 is 1.28 bits per heavy atom. The van der Waals surface area contributed by atoms with Gasteiger partial charge in [-0.05, 0) is 77.9 Å². The van der Waals surface area contributed by atoms with Crippen molar-refractivity contribution in [1.82, 2.24) is 15.0 Å². The SMILES string of the molecule is CC/C(C)=C(/N=C(N=C(C)c1ccccc1)c1ccccc1)c1ccc(-c2ccc3sc4ccc(-c5ccc(-c6nc(-c7ccccc7)nc(-c7ccccc7)n6)cc5)cc4c3c2)cc1. The highest BCUT2D eigenvalue weighted by atomic mass is 32.1. The van der Waals surface area contributed by atoms with E-state index in [1.807, 2.05) is 115 Å². The zero-order valence-corrected chi connectivity index (χ0v) is 37.3. The molecule has 10 rings (SSSR count). The number of hydrogen-bond acceptors (Lipinski definition) is 5. The second kappa shape index (κ2) is 18.4. The fourth-order valence-electron chi connectivity index (χ4n) is 8.03. The molecule has 0 amide bonds. The highest BCUT2D eigenvalue weighted by Crippen LogP contribution is 2.39. The number of nitrogens with zero attached hydrogens (tertiary/aromatic N) is 5. The zero-order valence-electron chi connectivity index (χ0n) is 36.5. The van der Waals surface area contributed by atoms with Crippen LogP contribution in [-0.2, 0) is 0 Å². The summed E-state index contributed by atoms with van der Waals surface area (Å²) in [5, 5.41) is 2.50. The first-order chi connectivity index (χ1) is 32.0. The summed E-state index contributed by atoms with van der Waals surface area (Å²) >= 11 is 1.83. The van der Waals surface area contributed by atoms with Crippen LogP contribution in [0.4, 0.5) is 0 Å². The van der Waals surface area contributed by atoms with Gasteiger partial charge in [0.25, 0.3) is 0 Å². The second-order valence-electron chi connectivity index (χ2n) is 16.1. The van der Waals surface area contributed by atoms with Gasteiger partial charge < -0.3 is 0 Å². The number of allylic oxidation sites excluding steroid dienone is 1. The van der Waals surface area contributed by atoms with Gasteiger partial charge in [0, 0.05) is 53.7 Å². The van der Waals surface area contributed by atoms with Gasteiger partial charge in [-0.15, -0.1) is 11.3 Å². The van der Waals surface area contributed by atoms with Gasteiger partial charge >= 0.3 is 0 Å². The predicted molar refractivity (Wildman–Crippen MR) is 274 cm³/mol. The third kappa shape index (κ3) is 8.85. The molecule has 5 nitrogen and oxygen atoms in total. The minimum atomic E-state index is 0.643. The summed E-state index contributed by atoms with van der Waals surface area (Å²) in [4.78, 5) is 25.1. The van der Waals surface area contributed by atoms with Crippen LogP contribution in [0.5, 0.6) is 0 Å². The van der Waals surface area contributed by atoms with Crippen LogP contribution in [0, 0.1) is 0 Å². The van der Waals surface area contributed by atoms with E-state index in [2.05, 4.69) is 123 Å². The van der Waals surface area contributed by atoms with E-state index in [-0.39, 0.29) is 0 Å². The summed E-state index contributed by atoms with van der Waals surface area (Å²) in [6.45, 7) is 6.40. The van der Waals surface area contributed by atoms with Crippen molar-refractivity contribution >= 4 is 48.8 Å². The van der Waals surface area contributed by atoms with Gasteiger partial charge in [0.1, 0.15) is 0 Å². The second-order valence-corrected chi connectivity index (χ2v) is 17.1. The molecule has 0 saturated carbocycles. The van der Waals surface area contributed by atoms with E-state index in [1.165, 1.54) is 31.3 Å². The maximum absolute atomic E-state index is 5.31. The lowest BCUT2D eigenvalue weighted by Crippen LogP contribution is -2.04. The zero-order chi connectivity index (χ0) is 44.1. The first-order valence-electron chi connectivity index (χ1n) is 22.0. The van der Waals surface area contributed by atoms with Crippen LogP contribution in [0.3, 0.4) is 0 Å². The number of hydrogen-bond donors (Lipinski definition) is 0. The molecule has 10 aromatic rings. The van der Waals surface area contributed by atoms with Crippen molar-refractivity contribution in [2.24, 2.45) is 9.98 Å². The maximum atomic E-state index is 5.31. The van der Waals surface area contributed by atoms with E-state index < -0.39 is 0 Å². The molecule has 6 heteroatoms. The van der Waals surface area contributed by atoms with Crippen molar-refractivity contribution in [1.29, 1.82) is 0 Å². The lowest BCUT2D eigenvalue weighted by molar-refractivity contribution is 1.07. The summed E-state index contributed by atoms with van der Waals surface area (Å²) < 4.78 is 2.53. The van der Waals surface area contributed by atoms with Gasteiger partial charge in [0.2, 0.25) is 0 Å². The van der Waals surface area contributed by atoms with Gasteiger partial charge in [-0.2, -0.15) is 0 Å². The Hall–Kier alpha value is -7.93. The molecule has 0 unspecified atom stereocenters. The van der Waals surface area contributed by atoms with E-state index >= 15 is 0 Å². The van der Waals surface area contributed by atoms with E-state index in [9.17, 15) is 0 Å². The van der Waals surface area contributed by atoms with Gasteiger partial charge in [-0.1, -0.05) is 189 Å². The number of thiophene rings is 1. The van der Waals surface area contributed by atoms with Crippen molar-refractivity contribution in [2.75, 3.05) is 0 Å². The van der Waals surface area contributed by atoms with E-state index in [0.717, 1.165) is 67.9 Å². The summed E-state index contributed by atoms with van der Waals surface area (Å²) in [6.07, 6.45) is 0.877. The molecule has 0 spiro atoms. The average molecular weight is 856 g/mol. The van der Waals surface area contributed by atoms with E-state index in [4.69, 9.17) is 24.9 Å². The molecule has 0 aliphatic carbocycles. The Balaban J connectivity index is 0.954. The highest BCUT2D eigenvalue weighted by molar-refractivity contribution is 7.25. The number of amidine groups is 1. The Morgan fingerprint density at radius 1 is 0.400 bits per heavy atom. The lowest BCUT2D eigenvalue weighted by atomic mass is 9.98. The third-order valence-electron chi connectivity index (χ3n) is 11.8. The van der Waals surface area contributed by atoms with Gasteiger partial charge in [-0.25, -0.2) is 24.9 Å². The fourth-order valence-corrected chi connectivity index (χ4v) is 9.10. The minimum Gasteiger partial charge on any atom is -0.233 e. The lowest BCUT2D eigenvalue weighted by Gasteiger charge is -2.12. The first-order valence-corrected chi connectivity index (χ1v) is 22.8. The molecule has 0 N–H and O–H groups in total. The molecule has 0 aliphatic heterocycles. The normalized spacial score (nSPS) is 12.4. The number of aliphatic imine (C=N–C) groups is 2. The number of rotatable bonds is 10. The van der Waals surface area contributed by atoms with E-state index in [0.29, 0.717) is 23.3 Å². The largest absolute Gasteiger partial charge is 0.233 e. The summed E-state index contributed by atoms with van der Waals surface area (Å²) in [6, 6.07) is 71.7. The maximum Gasteiger partial charge on any atom is 0.164 e. The van der Waals surface area contributed by atoms with E-state index in [1.54, 1.807) is 0 Å². The molecule has 2 heterocycles. The monoisotopic (exact) mass is 855 g/mol. The number of aromatic nitrogens is 3. The molecular formula is C59H45N5S. The highest BCUT2D eigenvalue weighted by Gasteiger charge is 2.15. The summed E-state index contributed by atoms with van der Waals surface area (Å²) in [5.74, 6) is 2.64. The predicted octanol–water partition coefficient (Wildman–Crippen LogP) is 15.7. The van der Waals surface area contributed by atoms with Crippen LogP contribution in [-0.4, -0.2) is 26.5 Å². The molecule has 2 aromatic heterocycles. The van der Waals surface area contributed by atoms with Crippen molar-refractivity contribution in [3.05, 3.63) is 229 Å². The molecule has 0 fully saturated rings. The van der Waals surface area contributed by atoms with Crippen LogP contribution in [0.15, 0.2) is 222 Å². The fraction of sp³-hybridized carbons (Fsp3) is 0.0678. The summed E-state index contributed by atoms with van der Waals surface area (Å²) in [5.41, 5.74) is 13.7. The first kappa shape index (κ1) is 41.1. The Morgan fingerprint density at radius 2 is 0.800 bits per heavy atom. The van der Waals surface area contributed by atoms with Crippen LogP contribution >= 0.6 is 11.3 Å². The quantitative estimate of drug-likeness (QED) is 0.102. The van der Waals surface area contributed by atoms with Crippen molar-refractivity contribution < 1.29 is 0 Å². The van der Waals surface area contributed by atoms with Crippen LogP contribution in [0.2, 0.25) is 0 Å². The molecular weight excluding hydrogens is 811 g/mol. The molecule has 312 valence electrons. The third-order valence-corrected chi connectivity index (χ3v) is 12.9. The van der Waals surface area contributed by atoms with Crippen LogP contribution < -0.4 is 0 Å². The smallest absolute Gasteiger partial charge is 0.164 e. The Bertz CT molecular complexity index is 3320. The van der Waals surface area contributed by atoms with Gasteiger partial charge in [-0.3, -0.25) is 0 Å². The molecule has 65 heavy (non-hydrogen) atoms. The number of fused-ring (bicyclic) bond motifs is 3. The van der Waals surface area contributed by atoms with Gasteiger partial charge in [0.15, 0.2) is 23.3 Å². The molecule has 0 aliphatic rings. The molecule has 0 atom stereocenters. The minimum absolute atomic E-state index is 0.643.